The van der Waals surface area contributed by atoms with E-state index in [1.807, 2.05) is 54.6 Å². The molecule has 0 spiro atoms. The molecule has 2 aromatic rings. The van der Waals surface area contributed by atoms with E-state index >= 15 is 0 Å². The molecule has 0 unspecified atom stereocenters. The Labute approximate surface area is 99.7 Å². The molecule has 0 aliphatic carbocycles. The summed E-state index contributed by atoms with van der Waals surface area (Å²) in [7, 11) is 0. The van der Waals surface area contributed by atoms with Crippen molar-refractivity contribution in [2.24, 2.45) is 0 Å². The van der Waals surface area contributed by atoms with Gasteiger partial charge < -0.3 is 5.32 Å². The quantitative estimate of drug-likeness (QED) is 0.792. The minimum atomic E-state index is -0.0742. The number of carbonyl (C=O) groups is 1. The van der Waals surface area contributed by atoms with Crippen LogP contribution in [-0.4, -0.2) is 6.03 Å². The van der Waals surface area contributed by atoms with Gasteiger partial charge in [-0.3, -0.25) is 4.90 Å². The average Bonchev–Trinajstić information content (AvgIpc) is 2.39. The number of hydrogen-bond acceptors (Lipinski definition) is 1. The maximum absolute atomic E-state index is 12.0. The fraction of sp³-hybridized carbons (Fsp3) is 0.0714. The number of nitrogens with zero attached hydrogens (tertiary/aromatic N) is 1. The Morgan fingerprint density at radius 3 is 2.47 bits per heavy atom. The lowest BCUT2D eigenvalue weighted by atomic mass is 10.1. The second-order valence-electron chi connectivity index (χ2n) is 4.01. The third-order valence-electron chi connectivity index (χ3n) is 2.90. The van der Waals surface area contributed by atoms with Crippen molar-refractivity contribution in [1.29, 1.82) is 0 Å². The standard InChI is InChI=1S/C14H12N2O/c17-14-15-13-9-5-4-6-11(13)10-16(14)12-7-2-1-3-8-12/h1-9H,10H2,(H,15,17). The molecule has 0 atom stereocenters. The fourth-order valence-electron chi connectivity index (χ4n) is 2.02. The first-order valence-electron chi connectivity index (χ1n) is 5.56. The van der Waals surface area contributed by atoms with Crippen LogP contribution in [0.4, 0.5) is 16.2 Å². The van der Waals surface area contributed by atoms with Gasteiger partial charge in [0.25, 0.3) is 0 Å². The van der Waals surface area contributed by atoms with Crippen LogP contribution in [0.3, 0.4) is 0 Å². The molecule has 0 fully saturated rings. The van der Waals surface area contributed by atoms with Gasteiger partial charge in [-0.15, -0.1) is 0 Å². The minimum absolute atomic E-state index is 0.0742. The van der Waals surface area contributed by atoms with Crippen LogP contribution in [-0.2, 0) is 6.54 Å². The zero-order chi connectivity index (χ0) is 11.7. The van der Waals surface area contributed by atoms with Gasteiger partial charge in [0, 0.05) is 11.4 Å². The van der Waals surface area contributed by atoms with E-state index in [0.717, 1.165) is 16.9 Å². The summed E-state index contributed by atoms with van der Waals surface area (Å²) < 4.78 is 0. The normalized spacial score (nSPS) is 14.1. The molecular weight excluding hydrogens is 212 g/mol. The van der Waals surface area contributed by atoms with Gasteiger partial charge in [0.1, 0.15) is 0 Å². The van der Waals surface area contributed by atoms with Gasteiger partial charge in [-0.25, -0.2) is 4.79 Å². The smallest absolute Gasteiger partial charge is 0.307 e. The van der Waals surface area contributed by atoms with Crippen molar-refractivity contribution in [1.82, 2.24) is 0 Å². The van der Waals surface area contributed by atoms with Crippen LogP contribution in [0.15, 0.2) is 54.6 Å². The highest BCUT2D eigenvalue weighted by molar-refractivity contribution is 6.04. The number of nitrogens with one attached hydrogen (secondary N) is 1. The summed E-state index contributed by atoms with van der Waals surface area (Å²) in [4.78, 5) is 13.7. The van der Waals surface area contributed by atoms with Gasteiger partial charge in [-0.2, -0.15) is 0 Å². The Hall–Kier alpha value is -2.29. The van der Waals surface area contributed by atoms with Crippen molar-refractivity contribution >= 4 is 17.4 Å². The summed E-state index contributed by atoms with van der Waals surface area (Å²) in [6.45, 7) is 0.617. The third kappa shape index (κ3) is 1.76. The largest absolute Gasteiger partial charge is 0.326 e. The lowest BCUT2D eigenvalue weighted by molar-refractivity contribution is 0.256. The van der Waals surface area contributed by atoms with E-state index in [9.17, 15) is 4.79 Å². The molecule has 0 radical (unpaired) electrons. The van der Waals surface area contributed by atoms with Gasteiger partial charge in [0.05, 0.1) is 6.54 Å². The van der Waals surface area contributed by atoms with E-state index in [4.69, 9.17) is 0 Å². The monoisotopic (exact) mass is 224 g/mol. The number of anilines is 2. The molecule has 84 valence electrons. The van der Waals surface area contributed by atoms with Crippen LogP contribution in [0, 0.1) is 0 Å². The Bertz CT molecular complexity index is 551. The highest BCUT2D eigenvalue weighted by Crippen LogP contribution is 2.26. The number of fused-ring (bicyclic) bond motifs is 1. The number of carbonyl (C=O) groups excluding carboxylic acids is 1. The van der Waals surface area contributed by atoms with Gasteiger partial charge in [0.2, 0.25) is 0 Å². The summed E-state index contributed by atoms with van der Waals surface area (Å²) in [5.41, 5.74) is 2.96. The third-order valence-corrected chi connectivity index (χ3v) is 2.90. The number of para-hydroxylation sites is 2. The number of amides is 2. The summed E-state index contributed by atoms with van der Waals surface area (Å²) in [5, 5.41) is 2.90. The van der Waals surface area contributed by atoms with E-state index < -0.39 is 0 Å². The first-order chi connectivity index (χ1) is 8.34. The lowest BCUT2D eigenvalue weighted by Gasteiger charge is -2.29. The molecule has 17 heavy (non-hydrogen) atoms. The average molecular weight is 224 g/mol. The van der Waals surface area contributed by atoms with E-state index in [2.05, 4.69) is 5.32 Å². The fourth-order valence-corrected chi connectivity index (χ4v) is 2.02. The second kappa shape index (κ2) is 3.94. The van der Waals surface area contributed by atoms with Gasteiger partial charge in [-0.1, -0.05) is 36.4 Å². The molecule has 1 heterocycles. The minimum Gasteiger partial charge on any atom is -0.307 e. The first-order valence-corrected chi connectivity index (χ1v) is 5.56. The van der Waals surface area contributed by atoms with E-state index in [1.54, 1.807) is 4.90 Å². The maximum Gasteiger partial charge on any atom is 0.326 e. The summed E-state index contributed by atoms with van der Waals surface area (Å²) >= 11 is 0. The molecule has 3 rings (SSSR count). The summed E-state index contributed by atoms with van der Waals surface area (Å²) in [6.07, 6.45) is 0. The van der Waals surface area contributed by atoms with Crippen LogP contribution in [0.25, 0.3) is 0 Å². The van der Waals surface area contributed by atoms with Crippen LogP contribution in [0.2, 0.25) is 0 Å². The number of urea groups is 1. The van der Waals surface area contributed by atoms with Crippen LogP contribution in [0.1, 0.15) is 5.56 Å². The van der Waals surface area contributed by atoms with Crippen molar-refractivity contribution in [2.75, 3.05) is 10.2 Å². The molecule has 0 saturated carbocycles. The maximum atomic E-state index is 12.0. The summed E-state index contributed by atoms with van der Waals surface area (Å²) in [6, 6.07) is 17.5. The summed E-state index contributed by atoms with van der Waals surface area (Å²) in [5.74, 6) is 0. The highest BCUT2D eigenvalue weighted by Gasteiger charge is 2.22. The van der Waals surface area contributed by atoms with Gasteiger partial charge >= 0.3 is 6.03 Å². The zero-order valence-electron chi connectivity index (χ0n) is 9.26. The highest BCUT2D eigenvalue weighted by atomic mass is 16.2. The van der Waals surface area contributed by atoms with Crippen LogP contribution < -0.4 is 10.2 Å². The molecule has 2 amide bonds. The Balaban J connectivity index is 1.98. The van der Waals surface area contributed by atoms with Crippen molar-refractivity contribution < 1.29 is 4.79 Å². The van der Waals surface area contributed by atoms with Crippen LogP contribution in [0.5, 0.6) is 0 Å². The van der Waals surface area contributed by atoms with E-state index in [1.165, 1.54) is 0 Å². The lowest BCUT2D eigenvalue weighted by Crippen LogP contribution is -2.38. The number of benzene rings is 2. The molecule has 0 bridgehead atoms. The number of hydrogen-bond donors (Lipinski definition) is 1. The molecule has 3 heteroatoms. The Morgan fingerprint density at radius 1 is 0.941 bits per heavy atom. The van der Waals surface area contributed by atoms with Crippen molar-refractivity contribution in [3.8, 4) is 0 Å². The van der Waals surface area contributed by atoms with Crippen molar-refractivity contribution in [3.63, 3.8) is 0 Å². The van der Waals surface area contributed by atoms with Crippen molar-refractivity contribution in [3.05, 3.63) is 60.2 Å². The van der Waals surface area contributed by atoms with Gasteiger partial charge in [-0.05, 0) is 23.8 Å². The van der Waals surface area contributed by atoms with E-state index in [-0.39, 0.29) is 6.03 Å². The zero-order valence-corrected chi connectivity index (χ0v) is 9.26. The predicted molar refractivity (Wildman–Crippen MR) is 68.1 cm³/mol. The van der Waals surface area contributed by atoms with E-state index in [0.29, 0.717) is 6.54 Å². The molecule has 1 aliphatic heterocycles. The molecular formula is C14H12N2O. The Kier molecular flexibility index (Phi) is 2.29. The second-order valence-corrected chi connectivity index (χ2v) is 4.01. The molecule has 2 aromatic carbocycles. The first kappa shape index (κ1) is 9.90. The molecule has 3 nitrogen and oxygen atoms in total. The topological polar surface area (TPSA) is 32.3 Å². The Morgan fingerprint density at radius 2 is 1.65 bits per heavy atom. The van der Waals surface area contributed by atoms with Crippen LogP contribution >= 0.6 is 0 Å². The SMILES string of the molecule is O=C1Nc2ccccc2CN1c1ccccc1. The predicted octanol–water partition coefficient (Wildman–Crippen LogP) is 3.24. The molecule has 0 aromatic heterocycles. The van der Waals surface area contributed by atoms with Gasteiger partial charge in [0.15, 0.2) is 0 Å². The molecule has 0 saturated heterocycles. The van der Waals surface area contributed by atoms with Crippen molar-refractivity contribution in [2.45, 2.75) is 6.54 Å². The number of rotatable bonds is 1. The molecule has 1 aliphatic rings. The molecule has 1 N–H and O–H groups in total.